The molecule has 5 rings (SSSR count). The van der Waals surface area contributed by atoms with Crippen molar-refractivity contribution in [3.63, 3.8) is 0 Å². The van der Waals surface area contributed by atoms with E-state index in [0.717, 1.165) is 0 Å². The first-order valence-corrected chi connectivity index (χ1v) is 11.3. The van der Waals surface area contributed by atoms with Gasteiger partial charge < -0.3 is 23.7 Å². The van der Waals surface area contributed by atoms with Crippen LogP contribution in [0.5, 0.6) is 0 Å². The standard InChI is InChI=1S/C22H30F4O7/c1-4-18(2,3)16(27)29-12-30-17(28)33-19-7-13-5-14(8-19)22(15(6-13)9-19)31-10-20(23,24)21(25,26)11-32-22/h13-15H,4-12H2,1-3H3. The molecular weight excluding hydrogens is 452 g/mol. The summed E-state index contributed by atoms with van der Waals surface area (Å²) >= 11 is 0. The number of hydrogen-bond donors (Lipinski definition) is 0. The Morgan fingerprint density at radius 3 is 2.00 bits per heavy atom. The molecule has 4 aliphatic carbocycles. The van der Waals surface area contributed by atoms with Crippen LogP contribution in [0.1, 0.15) is 59.3 Å². The minimum absolute atomic E-state index is 0.126. The third-order valence-electron chi connectivity index (χ3n) is 7.87. The number of esters is 1. The Bertz CT molecular complexity index is 764. The molecule has 2 unspecified atom stereocenters. The van der Waals surface area contributed by atoms with Crippen molar-refractivity contribution < 1.29 is 50.8 Å². The number of halogens is 4. The molecule has 4 bridgehead atoms. The fraction of sp³-hybridized carbons (Fsp3) is 0.909. The van der Waals surface area contributed by atoms with E-state index in [1.54, 1.807) is 13.8 Å². The van der Waals surface area contributed by atoms with Gasteiger partial charge >= 0.3 is 24.0 Å². The van der Waals surface area contributed by atoms with Crippen molar-refractivity contribution in [3.05, 3.63) is 0 Å². The molecule has 0 aromatic heterocycles. The van der Waals surface area contributed by atoms with Gasteiger partial charge in [-0.25, -0.2) is 4.79 Å². The molecule has 2 atom stereocenters. The highest BCUT2D eigenvalue weighted by Gasteiger charge is 2.69. The summed E-state index contributed by atoms with van der Waals surface area (Å²) in [6, 6.07) is 0. The van der Waals surface area contributed by atoms with Crippen LogP contribution in [0.15, 0.2) is 0 Å². The van der Waals surface area contributed by atoms with Crippen molar-refractivity contribution in [1.29, 1.82) is 0 Å². The highest BCUT2D eigenvalue weighted by atomic mass is 19.3. The number of carbonyl (C=O) groups is 2. The van der Waals surface area contributed by atoms with Gasteiger partial charge in [0.05, 0.1) is 5.41 Å². The molecule has 0 aromatic rings. The molecular formula is C22H30F4O7. The molecule has 5 aliphatic rings. The van der Waals surface area contributed by atoms with Gasteiger partial charge in [0, 0.05) is 11.8 Å². The van der Waals surface area contributed by atoms with Crippen molar-refractivity contribution in [2.24, 2.45) is 23.2 Å². The third-order valence-corrected chi connectivity index (χ3v) is 7.87. The summed E-state index contributed by atoms with van der Waals surface area (Å²) in [7, 11) is 0. The monoisotopic (exact) mass is 482 g/mol. The minimum Gasteiger partial charge on any atom is -0.428 e. The molecule has 0 radical (unpaired) electrons. The summed E-state index contributed by atoms with van der Waals surface area (Å²) in [5.41, 5.74) is -1.64. The Morgan fingerprint density at radius 2 is 1.48 bits per heavy atom. The lowest BCUT2D eigenvalue weighted by atomic mass is 9.51. The van der Waals surface area contributed by atoms with Crippen molar-refractivity contribution in [3.8, 4) is 0 Å². The average molecular weight is 482 g/mol. The SMILES string of the molecule is CCC(C)(C)C(=O)OCOC(=O)OC12CC3CC(C1)C1(OCC(F)(F)C(F)(F)CO1)C(C3)C2. The third kappa shape index (κ3) is 4.19. The Balaban J connectivity index is 1.39. The van der Waals surface area contributed by atoms with Crippen molar-refractivity contribution in [2.45, 2.75) is 82.5 Å². The first-order chi connectivity index (χ1) is 15.2. The zero-order valence-corrected chi connectivity index (χ0v) is 19.0. The van der Waals surface area contributed by atoms with Crippen LogP contribution in [-0.4, -0.2) is 55.4 Å². The second-order valence-corrected chi connectivity index (χ2v) is 10.5. The number of hydrogen-bond acceptors (Lipinski definition) is 7. The van der Waals surface area contributed by atoms with E-state index in [-0.39, 0.29) is 18.8 Å². The Hall–Kier alpha value is -1.62. The van der Waals surface area contributed by atoms with Gasteiger partial charge in [-0.3, -0.25) is 4.79 Å². The topological polar surface area (TPSA) is 80.3 Å². The molecule has 0 aromatic carbocycles. The Morgan fingerprint density at radius 1 is 0.939 bits per heavy atom. The predicted molar refractivity (Wildman–Crippen MR) is 103 cm³/mol. The minimum atomic E-state index is -4.33. The van der Waals surface area contributed by atoms with Crippen LogP contribution in [0.4, 0.5) is 22.4 Å². The Kier molecular flexibility index (Phi) is 5.91. The normalized spacial score (nSPS) is 35.7. The molecule has 188 valence electrons. The van der Waals surface area contributed by atoms with Gasteiger partial charge in [0.2, 0.25) is 6.79 Å². The quantitative estimate of drug-likeness (QED) is 0.320. The van der Waals surface area contributed by atoms with E-state index < -0.39 is 72.6 Å². The van der Waals surface area contributed by atoms with Gasteiger partial charge in [-0.1, -0.05) is 6.92 Å². The molecule has 7 nitrogen and oxygen atoms in total. The van der Waals surface area contributed by atoms with Gasteiger partial charge in [-0.15, -0.1) is 0 Å². The summed E-state index contributed by atoms with van der Waals surface area (Å²) in [5.74, 6) is -11.5. The molecule has 0 N–H and O–H groups in total. The van der Waals surface area contributed by atoms with Crippen LogP contribution in [0.3, 0.4) is 0 Å². The number of rotatable bonds is 5. The van der Waals surface area contributed by atoms with Crippen LogP contribution in [0.2, 0.25) is 0 Å². The average Bonchev–Trinajstić information content (AvgIpc) is 2.80. The summed E-state index contributed by atoms with van der Waals surface area (Å²) < 4.78 is 81.9. The van der Waals surface area contributed by atoms with Crippen LogP contribution < -0.4 is 0 Å². The van der Waals surface area contributed by atoms with Crippen molar-refractivity contribution in [2.75, 3.05) is 20.0 Å². The van der Waals surface area contributed by atoms with Crippen LogP contribution in [0.25, 0.3) is 0 Å². The van der Waals surface area contributed by atoms with Crippen LogP contribution in [-0.2, 0) is 28.5 Å². The smallest absolute Gasteiger partial charge is 0.428 e. The van der Waals surface area contributed by atoms with Gasteiger partial charge in [0.1, 0.15) is 18.8 Å². The van der Waals surface area contributed by atoms with E-state index in [1.165, 1.54) is 0 Å². The van der Waals surface area contributed by atoms with Crippen molar-refractivity contribution in [1.82, 2.24) is 0 Å². The van der Waals surface area contributed by atoms with E-state index in [9.17, 15) is 27.2 Å². The number of carbonyl (C=O) groups excluding carboxylic acids is 2. The number of alkyl halides is 4. The maximum Gasteiger partial charge on any atom is 0.511 e. The van der Waals surface area contributed by atoms with Gasteiger partial charge in [-0.05, 0) is 58.3 Å². The highest BCUT2D eigenvalue weighted by molar-refractivity contribution is 5.75. The second kappa shape index (κ2) is 7.96. The van der Waals surface area contributed by atoms with E-state index in [2.05, 4.69) is 0 Å². The maximum absolute atomic E-state index is 13.9. The first kappa shape index (κ1) is 24.5. The second-order valence-electron chi connectivity index (χ2n) is 10.5. The highest BCUT2D eigenvalue weighted by Crippen LogP contribution is 2.63. The lowest BCUT2D eigenvalue weighted by molar-refractivity contribution is -0.354. The lowest BCUT2D eigenvalue weighted by Gasteiger charge is -2.62. The molecule has 33 heavy (non-hydrogen) atoms. The van der Waals surface area contributed by atoms with Crippen molar-refractivity contribution >= 4 is 12.1 Å². The van der Waals surface area contributed by atoms with E-state index in [1.807, 2.05) is 6.92 Å². The largest absolute Gasteiger partial charge is 0.511 e. The summed E-state index contributed by atoms with van der Waals surface area (Å²) in [5, 5.41) is 0. The zero-order chi connectivity index (χ0) is 24.3. The summed E-state index contributed by atoms with van der Waals surface area (Å²) in [6.07, 6.45) is 1.67. The first-order valence-electron chi connectivity index (χ1n) is 11.3. The fourth-order valence-electron chi connectivity index (χ4n) is 5.79. The van der Waals surface area contributed by atoms with E-state index in [4.69, 9.17) is 23.7 Å². The molecule has 4 saturated carbocycles. The summed E-state index contributed by atoms with van der Waals surface area (Å²) in [4.78, 5) is 24.3. The molecule has 11 heteroatoms. The number of ether oxygens (including phenoxy) is 5. The van der Waals surface area contributed by atoms with Gasteiger partial charge in [-0.2, -0.15) is 17.6 Å². The zero-order valence-electron chi connectivity index (χ0n) is 19.0. The van der Waals surface area contributed by atoms with Gasteiger partial charge in [0.25, 0.3) is 0 Å². The van der Waals surface area contributed by atoms with Crippen LogP contribution in [0, 0.1) is 23.2 Å². The van der Waals surface area contributed by atoms with Gasteiger partial charge in [0.15, 0.2) is 5.79 Å². The molecule has 5 fully saturated rings. The van der Waals surface area contributed by atoms with E-state index >= 15 is 0 Å². The molecule has 1 saturated heterocycles. The Labute approximate surface area is 189 Å². The fourth-order valence-corrected chi connectivity index (χ4v) is 5.79. The maximum atomic E-state index is 13.9. The van der Waals surface area contributed by atoms with E-state index in [0.29, 0.717) is 25.7 Å². The summed E-state index contributed by atoms with van der Waals surface area (Å²) in [6.45, 7) is 1.82. The molecule has 1 spiro atoms. The van der Waals surface area contributed by atoms with Crippen LogP contribution >= 0.6 is 0 Å². The molecule has 1 aliphatic heterocycles. The molecule has 1 heterocycles. The molecule has 0 amide bonds. The predicted octanol–water partition coefficient (Wildman–Crippen LogP) is 4.67. The lowest BCUT2D eigenvalue weighted by Crippen LogP contribution is -2.66.